The minimum absolute atomic E-state index is 0.0600. The van der Waals surface area contributed by atoms with Gasteiger partial charge in [-0.2, -0.15) is 0 Å². The number of thiophene rings is 1. The van der Waals surface area contributed by atoms with Gasteiger partial charge in [0.2, 0.25) is 0 Å². The van der Waals surface area contributed by atoms with Gasteiger partial charge in [-0.05, 0) is 60.3 Å². The number of rotatable bonds is 5. The molecule has 2 rings (SSSR count). The zero-order chi connectivity index (χ0) is 14.8. The fourth-order valence-corrected chi connectivity index (χ4v) is 6.60. The molecule has 1 N–H and O–H groups in total. The van der Waals surface area contributed by atoms with Crippen LogP contribution in [0.25, 0.3) is 0 Å². The summed E-state index contributed by atoms with van der Waals surface area (Å²) in [7, 11) is -2.98. The average molecular weight is 380 g/mol. The van der Waals surface area contributed by atoms with E-state index in [1.54, 1.807) is 11.3 Å². The number of sulfone groups is 1. The Labute approximate surface area is 134 Å². The van der Waals surface area contributed by atoms with Crippen LogP contribution < -0.4 is 5.32 Å². The van der Waals surface area contributed by atoms with Gasteiger partial charge in [0.15, 0.2) is 9.84 Å². The van der Waals surface area contributed by atoms with E-state index in [9.17, 15) is 8.42 Å². The van der Waals surface area contributed by atoms with Crippen LogP contribution in [0.2, 0.25) is 0 Å². The molecule has 0 radical (unpaired) electrons. The molecule has 114 valence electrons. The molecule has 1 aliphatic rings. The van der Waals surface area contributed by atoms with Crippen molar-refractivity contribution in [2.75, 3.05) is 12.3 Å². The van der Waals surface area contributed by atoms with Gasteiger partial charge in [-0.1, -0.05) is 13.3 Å². The third-order valence-corrected chi connectivity index (χ3v) is 8.31. The molecule has 0 bridgehead atoms. The normalized spacial score (nSPS) is 23.6. The highest BCUT2D eigenvalue weighted by molar-refractivity contribution is 9.11. The summed E-state index contributed by atoms with van der Waals surface area (Å²) in [5.74, 6) is 0.341. The maximum Gasteiger partial charge on any atom is 0.155 e. The third kappa shape index (κ3) is 3.64. The molecule has 0 spiro atoms. The van der Waals surface area contributed by atoms with Crippen molar-refractivity contribution >= 4 is 37.1 Å². The number of hydrogen-bond donors (Lipinski definition) is 1. The lowest BCUT2D eigenvalue weighted by molar-refractivity contribution is 0.451. The molecule has 1 aromatic rings. The van der Waals surface area contributed by atoms with Crippen molar-refractivity contribution in [3.63, 3.8) is 0 Å². The van der Waals surface area contributed by atoms with E-state index < -0.39 is 9.84 Å². The molecule has 2 unspecified atom stereocenters. The summed E-state index contributed by atoms with van der Waals surface area (Å²) in [6.07, 6.45) is 3.61. The largest absolute Gasteiger partial charge is 0.308 e. The third-order valence-electron chi connectivity index (χ3n) is 3.80. The van der Waals surface area contributed by atoms with Crippen molar-refractivity contribution in [3.8, 4) is 0 Å². The molecule has 1 fully saturated rings. The summed E-state index contributed by atoms with van der Waals surface area (Å²) >= 11 is 5.20. The van der Waals surface area contributed by atoms with Crippen molar-refractivity contribution in [1.82, 2.24) is 5.32 Å². The molecule has 2 atom stereocenters. The second-order valence-electron chi connectivity index (χ2n) is 5.44. The predicted molar refractivity (Wildman–Crippen MR) is 89.2 cm³/mol. The quantitative estimate of drug-likeness (QED) is 0.845. The monoisotopic (exact) mass is 379 g/mol. The Kier molecular flexibility index (Phi) is 5.68. The first-order valence-corrected chi connectivity index (χ1v) is 10.5. The van der Waals surface area contributed by atoms with Gasteiger partial charge < -0.3 is 5.32 Å². The zero-order valence-electron chi connectivity index (χ0n) is 12.0. The predicted octanol–water partition coefficient (Wildman–Crippen LogP) is 3.83. The van der Waals surface area contributed by atoms with E-state index in [-0.39, 0.29) is 11.3 Å². The lowest BCUT2D eigenvalue weighted by Gasteiger charge is -2.30. The van der Waals surface area contributed by atoms with Crippen LogP contribution in [0.15, 0.2) is 9.85 Å². The van der Waals surface area contributed by atoms with Crippen LogP contribution in [0.3, 0.4) is 0 Å². The van der Waals surface area contributed by atoms with E-state index in [0.29, 0.717) is 5.75 Å². The van der Waals surface area contributed by atoms with Gasteiger partial charge in [0.05, 0.1) is 20.8 Å². The molecule has 1 aliphatic heterocycles. The van der Waals surface area contributed by atoms with Crippen LogP contribution in [0.1, 0.15) is 49.1 Å². The van der Waals surface area contributed by atoms with Gasteiger partial charge in [0.25, 0.3) is 0 Å². The smallest absolute Gasteiger partial charge is 0.155 e. The molecular formula is C14H22BrNO2S2. The first-order chi connectivity index (χ1) is 9.45. The van der Waals surface area contributed by atoms with Gasteiger partial charge in [0.1, 0.15) is 0 Å². The van der Waals surface area contributed by atoms with E-state index in [1.165, 1.54) is 5.56 Å². The Bertz CT molecular complexity index is 534. The maximum atomic E-state index is 12.4. The molecule has 1 aromatic heterocycles. The molecule has 3 nitrogen and oxygen atoms in total. The Morgan fingerprint density at radius 3 is 2.80 bits per heavy atom. The molecule has 0 aliphatic carbocycles. The summed E-state index contributed by atoms with van der Waals surface area (Å²) in [5, 5.41) is 3.19. The summed E-state index contributed by atoms with van der Waals surface area (Å²) in [4.78, 5) is 1.14. The number of nitrogens with one attached hydrogen (secondary N) is 1. The van der Waals surface area contributed by atoms with Gasteiger partial charge in [-0.25, -0.2) is 8.42 Å². The fourth-order valence-electron chi connectivity index (χ4n) is 2.71. The van der Waals surface area contributed by atoms with Gasteiger partial charge in [0, 0.05) is 4.88 Å². The first-order valence-electron chi connectivity index (χ1n) is 7.16. The highest BCUT2D eigenvalue weighted by atomic mass is 79.9. The Morgan fingerprint density at radius 1 is 1.50 bits per heavy atom. The summed E-state index contributed by atoms with van der Waals surface area (Å²) in [6.45, 7) is 5.01. The SMILES string of the molecule is CCCNC(c1cc(C)c(Br)s1)C1CCCCS1(=O)=O. The topological polar surface area (TPSA) is 46.2 Å². The van der Waals surface area contributed by atoms with Gasteiger partial charge in [-0.3, -0.25) is 0 Å². The van der Waals surface area contributed by atoms with Crippen LogP contribution in [-0.2, 0) is 9.84 Å². The molecule has 0 saturated carbocycles. The lowest BCUT2D eigenvalue weighted by atomic mass is 10.0. The van der Waals surface area contributed by atoms with E-state index in [1.807, 2.05) is 0 Å². The van der Waals surface area contributed by atoms with Crippen molar-refractivity contribution in [3.05, 3.63) is 20.3 Å². The molecular weight excluding hydrogens is 358 g/mol. The minimum Gasteiger partial charge on any atom is -0.308 e. The zero-order valence-corrected chi connectivity index (χ0v) is 15.2. The summed E-state index contributed by atoms with van der Waals surface area (Å²) < 4.78 is 25.9. The standard InChI is InChI=1S/C14H22BrNO2S2/c1-3-7-16-13(11-9-10(2)14(15)19-11)12-6-4-5-8-20(12,17)18/h9,12-13,16H,3-8H2,1-2H3. The Balaban J connectivity index is 2.31. The Hall–Kier alpha value is 0.0900. The number of aryl methyl sites for hydroxylation is 1. The number of hydrogen-bond acceptors (Lipinski definition) is 4. The molecule has 6 heteroatoms. The van der Waals surface area contributed by atoms with E-state index in [2.05, 4.69) is 41.2 Å². The minimum atomic E-state index is -2.98. The van der Waals surface area contributed by atoms with E-state index in [0.717, 1.165) is 40.9 Å². The first kappa shape index (κ1) is 16.5. The van der Waals surface area contributed by atoms with Crippen LogP contribution in [-0.4, -0.2) is 26.0 Å². The molecule has 1 saturated heterocycles. The summed E-state index contributed by atoms with van der Waals surface area (Å²) in [5.41, 5.74) is 1.18. The van der Waals surface area contributed by atoms with Crippen molar-refractivity contribution in [2.24, 2.45) is 0 Å². The van der Waals surface area contributed by atoms with Crippen LogP contribution in [0.5, 0.6) is 0 Å². The second kappa shape index (κ2) is 6.90. The van der Waals surface area contributed by atoms with Crippen LogP contribution in [0.4, 0.5) is 0 Å². The molecule has 20 heavy (non-hydrogen) atoms. The fraction of sp³-hybridized carbons (Fsp3) is 0.714. The molecule has 2 heterocycles. The van der Waals surface area contributed by atoms with Crippen molar-refractivity contribution < 1.29 is 8.42 Å². The van der Waals surface area contributed by atoms with Crippen molar-refractivity contribution in [1.29, 1.82) is 0 Å². The second-order valence-corrected chi connectivity index (χ2v) is 10.2. The molecule has 0 amide bonds. The van der Waals surface area contributed by atoms with Gasteiger partial charge in [-0.15, -0.1) is 11.3 Å². The Morgan fingerprint density at radius 2 is 2.25 bits per heavy atom. The summed E-state index contributed by atoms with van der Waals surface area (Å²) in [6, 6.07) is 2.06. The van der Waals surface area contributed by atoms with E-state index in [4.69, 9.17) is 0 Å². The van der Waals surface area contributed by atoms with Gasteiger partial charge >= 0.3 is 0 Å². The molecule has 0 aromatic carbocycles. The lowest BCUT2D eigenvalue weighted by Crippen LogP contribution is -2.40. The van der Waals surface area contributed by atoms with Crippen LogP contribution in [0, 0.1) is 6.92 Å². The maximum absolute atomic E-state index is 12.4. The highest BCUT2D eigenvalue weighted by Gasteiger charge is 2.36. The number of halogens is 1. The highest BCUT2D eigenvalue weighted by Crippen LogP contribution is 2.37. The van der Waals surface area contributed by atoms with Crippen LogP contribution >= 0.6 is 27.3 Å². The van der Waals surface area contributed by atoms with E-state index >= 15 is 0 Å². The average Bonchev–Trinajstić information content (AvgIpc) is 2.71. The van der Waals surface area contributed by atoms with Crippen molar-refractivity contribution in [2.45, 2.75) is 50.8 Å².